The first-order valence-electron chi connectivity index (χ1n) is 7.06. The van der Waals surface area contributed by atoms with Gasteiger partial charge in [0.05, 0.1) is 17.9 Å². The fourth-order valence-electron chi connectivity index (χ4n) is 2.43. The first-order chi connectivity index (χ1) is 10.6. The molecule has 3 N–H and O–H groups in total. The van der Waals surface area contributed by atoms with Crippen LogP contribution in [0.25, 0.3) is 0 Å². The Kier molecular flexibility index (Phi) is 5.97. The Morgan fingerprint density at radius 1 is 1.39 bits per heavy atom. The minimum Gasteiger partial charge on any atom is -0.506 e. The van der Waals surface area contributed by atoms with Gasteiger partial charge in [0, 0.05) is 4.47 Å². The molecule has 0 spiro atoms. The van der Waals surface area contributed by atoms with Crippen LogP contribution in [0.1, 0.15) is 29.4 Å². The van der Waals surface area contributed by atoms with Crippen molar-refractivity contribution in [3.05, 3.63) is 34.6 Å². The molecule has 1 saturated heterocycles. The number of halogens is 2. The number of amides is 1. The summed E-state index contributed by atoms with van der Waals surface area (Å²) in [5.74, 6) is -0.393. The number of aromatic hydroxyl groups is 1. The summed E-state index contributed by atoms with van der Waals surface area (Å²) in [6.07, 6.45) is 3.59. The second kappa shape index (κ2) is 7.76. The largest absolute Gasteiger partial charge is 0.506 e. The highest BCUT2D eigenvalue weighted by molar-refractivity contribution is 9.10. The van der Waals surface area contributed by atoms with Gasteiger partial charge in [-0.3, -0.25) is 4.79 Å². The number of rotatable bonds is 3. The molecule has 1 fully saturated rings. The third-order valence-electron chi connectivity index (χ3n) is 3.63. The third-order valence-corrected chi connectivity index (χ3v) is 4.13. The van der Waals surface area contributed by atoms with Gasteiger partial charge in [0.25, 0.3) is 5.91 Å². The van der Waals surface area contributed by atoms with Gasteiger partial charge in [-0.1, -0.05) is 21.1 Å². The number of anilines is 1. The monoisotopic (exact) mass is 401 g/mol. The van der Waals surface area contributed by atoms with Crippen molar-refractivity contribution in [2.75, 3.05) is 18.4 Å². The summed E-state index contributed by atoms with van der Waals surface area (Å²) >= 11 is 3.30. The maximum Gasteiger partial charge on any atom is 0.277 e. The molecule has 1 amide bonds. The summed E-state index contributed by atoms with van der Waals surface area (Å²) in [5, 5.41) is 23.7. The SMILES string of the molecule is Cl.O=C(Nc1cc(Br)ccc1O)c1cn(C2CCNCC2)nn1. The third kappa shape index (κ3) is 4.21. The molecule has 9 heteroatoms. The lowest BCUT2D eigenvalue weighted by atomic mass is 10.1. The zero-order valence-electron chi connectivity index (χ0n) is 12.2. The van der Waals surface area contributed by atoms with Crippen molar-refractivity contribution in [3.63, 3.8) is 0 Å². The average Bonchev–Trinajstić information content (AvgIpc) is 3.02. The van der Waals surface area contributed by atoms with Crippen molar-refractivity contribution < 1.29 is 9.90 Å². The van der Waals surface area contributed by atoms with Gasteiger partial charge < -0.3 is 15.7 Å². The van der Waals surface area contributed by atoms with Crippen LogP contribution in [0.15, 0.2) is 28.9 Å². The van der Waals surface area contributed by atoms with E-state index in [1.165, 1.54) is 6.07 Å². The van der Waals surface area contributed by atoms with Crippen molar-refractivity contribution >= 4 is 39.9 Å². The number of benzene rings is 1. The smallest absolute Gasteiger partial charge is 0.277 e. The van der Waals surface area contributed by atoms with E-state index in [4.69, 9.17) is 0 Å². The zero-order chi connectivity index (χ0) is 15.5. The number of nitrogens with zero attached hydrogens (tertiary/aromatic N) is 3. The zero-order valence-corrected chi connectivity index (χ0v) is 14.6. The highest BCUT2D eigenvalue weighted by Gasteiger charge is 2.19. The molecule has 0 radical (unpaired) electrons. The van der Waals surface area contributed by atoms with Gasteiger partial charge in [-0.25, -0.2) is 4.68 Å². The predicted molar refractivity (Wildman–Crippen MR) is 92.2 cm³/mol. The van der Waals surface area contributed by atoms with Gasteiger partial charge in [-0.15, -0.1) is 17.5 Å². The summed E-state index contributed by atoms with van der Waals surface area (Å²) in [5.41, 5.74) is 0.564. The second-order valence-corrected chi connectivity index (χ2v) is 6.10. The highest BCUT2D eigenvalue weighted by atomic mass is 79.9. The number of carbonyl (C=O) groups excluding carboxylic acids is 1. The van der Waals surface area contributed by atoms with Crippen molar-refractivity contribution in [2.45, 2.75) is 18.9 Å². The minimum atomic E-state index is -0.395. The number of hydrogen-bond acceptors (Lipinski definition) is 5. The number of hydrogen-bond donors (Lipinski definition) is 3. The van der Waals surface area contributed by atoms with Crippen LogP contribution < -0.4 is 10.6 Å². The lowest BCUT2D eigenvalue weighted by molar-refractivity contribution is 0.102. The number of phenols is 1. The van der Waals surface area contributed by atoms with Crippen LogP contribution >= 0.6 is 28.3 Å². The van der Waals surface area contributed by atoms with Gasteiger partial charge in [-0.05, 0) is 44.1 Å². The van der Waals surface area contributed by atoms with Gasteiger partial charge in [0.15, 0.2) is 5.69 Å². The van der Waals surface area contributed by atoms with Gasteiger partial charge in [-0.2, -0.15) is 0 Å². The highest BCUT2D eigenvalue weighted by Crippen LogP contribution is 2.27. The Morgan fingerprint density at radius 3 is 2.87 bits per heavy atom. The van der Waals surface area contributed by atoms with Crippen LogP contribution in [0.3, 0.4) is 0 Å². The molecule has 1 aromatic heterocycles. The summed E-state index contributed by atoms with van der Waals surface area (Å²) in [6.45, 7) is 1.88. The van der Waals surface area contributed by atoms with E-state index >= 15 is 0 Å². The van der Waals surface area contributed by atoms with E-state index < -0.39 is 5.91 Å². The Hall–Kier alpha value is -1.64. The Labute approximate surface area is 148 Å². The van der Waals surface area contributed by atoms with E-state index in [0.717, 1.165) is 30.4 Å². The fraction of sp³-hybridized carbons (Fsp3) is 0.357. The first-order valence-corrected chi connectivity index (χ1v) is 7.85. The normalized spacial score (nSPS) is 15.0. The van der Waals surface area contributed by atoms with E-state index in [1.54, 1.807) is 23.0 Å². The molecule has 0 unspecified atom stereocenters. The second-order valence-electron chi connectivity index (χ2n) is 5.18. The van der Waals surface area contributed by atoms with E-state index in [9.17, 15) is 9.90 Å². The van der Waals surface area contributed by atoms with E-state index in [1.807, 2.05) is 0 Å². The fourth-order valence-corrected chi connectivity index (χ4v) is 2.79. The van der Waals surface area contributed by atoms with E-state index in [2.05, 4.69) is 36.9 Å². The topological polar surface area (TPSA) is 92.1 Å². The maximum atomic E-state index is 12.2. The molecule has 2 heterocycles. The summed E-state index contributed by atoms with van der Waals surface area (Å²) in [7, 11) is 0. The molecule has 3 rings (SSSR count). The van der Waals surface area contributed by atoms with Crippen LogP contribution in [-0.4, -0.2) is 39.1 Å². The van der Waals surface area contributed by atoms with Gasteiger partial charge in [0.1, 0.15) is 5.75 Å². The van der Waals surface area contributed by atoms with E-state index in [0.29, 0.717) is 5.69 Å². The number of piperidine rings is 1. The minimum absolute atomic E-state index is 0. The van der Waals surface area contributed by atoms with Crippen LogP contribution in [-0.2, 0) is 0 Å². The van der Waals surface area contributed by atoms with Crippen molar-refractivity contribution in [3.8, 4) is 5.75 Å². The summed E-state index contributed by atoms with van der Waals surface area (Å²) in [4.78, 5) is 12.2. The predicted octanol–water partition coefficient (Wildman–Crippen LogP) is 2.34. The molecule has 124 valence electrons. The van der Waals surface area contributed by atoms with E-state index in [-0.39, 0.29) is 29.9 Å². The molecule has 2 aromatic rings. The molecular formula is C14H17BrClN5O2. The lowest BCUT2D eigenvalue weighted by Gasteiger charge is -2.22. The number of phenolic OH excluding ortho intramolecular Hbond substituents is 1. The quantitative estimate of drug-likeness (QED) is 0.685. The standard InChI is InChI=1S/C14H16BrN5O2.ClH/c15-9-1-2-13(21)11(7-9)17-14(22)12-8-20(19-18-12)10-3-5-16-6-4-10;/h1-2,7-8,10,16,21H,3-6H2,(H,17,22);1H. The van der Waals surface area contributed by atoms with Crippen molar-refractivity contribution in [2.24, 2.45) is 0 Å². The molecule has 1 aliphatic heterocycles. The number of aromatic nitrogens is 3. The van der Waals surface area contributed by atoms with Crippen molar-refractivity contribution in [1.29, 1.82) is 0 Å². The Balaban J connectivity index is 0.00000192. The molecule has 1 aliphatic rings. The molecule has 0 saturated carbocycles. The summed E-state index contributed by atoms with van der Waals surface area (Å²) < 4.78 is 2.51. The molecule has 0 atom stereocenters. The summed E-state index contributed by atoms with van der Waals surface area (Å²) in [6, 6.07) is 5.10. The molecule has 1 aromatic carbocycles. The Bertz CT molecular complexity index is 688. The van der Waals surface area contributed by atoms with Gasteiger partial charge >= 0.3 is 0 Å². The van der Waals surface area contributed by atoms with Crippen LogP contribution in [0, 0.1) is 0 Å². The molecule has 7 nitrogen and oxygen atoms in total. The molecule has 0 aliphatic carbocycles. The molecule has 23 heavy (non-hydrogen) atoms. The number of carbonyl (C=O) groups is 1. The lowest BCUT2D eigenvalue weighted by Crippen LogP contribution is -2.29. The molecule has 0 bridgehead atoms. The van der Waals surface area contributed by atoms with Crippen LogP contribution in [0.5, 0.6) is 5.75 Å². The number of nitrogens with one attached hydrogen (secondary N) is 2. The Morgan fingerprint density at radius 2 is 2.13 bits per heavy atom. The maximum absolute atomic E-state index is 12.2. The van der Waals surface area contributed by atoms with Crippen LogP contribution in [0.4, 0.5) is 5.69 Å². The van der Waals surface area contributed by atoms with Gasteiger partial charge in [0.2, 0.25) is 0 Å². The first kappa shape index (κ1) is 17.7. The van der Waals surface area contributed by atoms with Crippen molar-refractivity contribution in [1.82, 2.24) is 20.3 Å². The average molecular weight is 403 g/mol. The molecular weight excluding hydrogens is 386 g/mol. The van der Waals surface area contributed by atoms with Crippen LogP contribution in [0.2, 0.25) is 0 Å².